The van der Waals surface area contributed by atoms with Crippen molar-refractivity contribution in [3.8, 4) is 17.2 Å². The summed E-state index contributed by atoms with van der Waals surface area (Å²) in [6.07, 6.45) is 0.720. The van der Waals surface area contributed by atoms with E-state index in [4.69, 9.17) is 56.8 Å². The largest absolute Gasteiger partial charge is 0.489 e. The van der Waals surface area contributed by atoms with Crippen molar-refractivity contribution >= 4 is 87.2 Å². The standard InChI is InChI=1S/3C38H38N2O7/c1-38(2,3)47-36(42)39-31(35(41)45-25-28-16-9-5-10-17-28)22-30-23-40(37(43)46-26-29-18-11-6-12-19-29)32-20-13-21-33(34(30)32)44-24-27-14-7-4-8-15-27;1-38(2,3)47-36(42)39-32(35(41)45-25-28-16-9-5-10-17-28)22-30-23-40(37(43)46-26-29-18-11-6-12-19-29)34-31(30)20-13-21-33(34)44-24-27-14-7-4-8-15-27;1-38(2,3)47-36(42)39-33(35(41)45-25-28-15-9-5-10-16-28)21-30-23-40(37(43)46-26-29-17-11-6-12-18-29)34-22-31(19-20-32(30)34)44-24-27-13-7-4-8-14-27/h4-21,23,31H,22,24-26H2,1-3H3,(H,39,42);4-21,23,32H,22,24-26H2,1-3H3,(H,39,42);4-20,22-23,33H,21,24-26H2,1-3H3,(H,39,42)/t31-;32-;33-/m000/s1. The number of amides is 3. The van der Waals surface area contributed by atoms with Crippen LogP contribution in [0.15, 0.2) is 346 Å². The average Bonchev–Trinajstić information content (AvgIpc) is 1.66. The molecule has 3 N–H and O–H groups in total. The maximum Gasteiger partial charge on any atom is 0.418 e. The Morgan fingerprint density at radius 3 is 0.894 bits per heavy atom. The number of carbonyl (C=O) groups excluding carboxylic acids is 9. The second-order valence-corrected chi connectivity index (χ2v) is 36.0. The third-order valence-corrected chi connectivity index (χ3v) is 21.4. The first-order chi connectivity index (χ1) is 68.0. The first kappa shape index (κ1) is 102. The van der Waals surface area contributed by atoms with E-state index in [1.54, 1.807) is 117 Å². The Bertz CT molecular complexity index is 6610. The Balaban J connectivity index is 0.000000178. The van der Waals surface area contributed by atoms with Crippen LogP contribution in [0.4, 0.5) is 28.8 Å². The van der Waals surface area contributed by atoms with Gasteiger partial charge in [-0.1, -0.05) is 291 Å². The minimum absolute atomic E-state index is 0.00443. The molecule has 15 rings (SSSR count). The molecule has 726 valence electrons. The predicted molar refractivity (Wildman–Crippen MR) is 534 cm³/mol. The van der Waals surface area contributed by atoms with Crippen LogP contribution in [0, 0.1) is 0 Å². The lowest BCUT2D eigenvalue weighted by molar-refractivity contribution is -0.148. The SMILES string of the molecule is CC(C)(C)OC(=O)N[C@@H](Cc1cn(C(=O)OCc2ccccc2)c2c(OCc3ccccc3)cccc12)C(=O)OCc1ccccc1.CC(C)(C)OC(=O)N[C@@H](Cc1cn(C(=O)OCc2ccccc2)c2cc(OCc3ccccc3)ccc12)C(=O)OCc1ccccc1.CC(C)(C)OC(=O)N[C@@H](Cc1cn(C(=O)OCc2ccccc2)c2cccc(OCc3ccccc3)c12)C(=O)OCc1ccccc1. The van der Waals surface area contributed by atoms with E-state index in [2.05, 4.69) is 16.0 Å². The van der Waals surface area contributed by atoms with E-state index in [9.17, 15) is 43.2 Å². The number of para-hydroxylation sites is 1. The van der Waals surface area contributed by atoms with Crippen LogP contribution in [0.3, 0.4) is 0 Å². The van der Waals surface area contributed by atoms with Gasteiger partial charge in [0.2, 0.25) is 0 Å². The molecule has 27 heteroatoms. The molecule has 0 aliphatic heterocycles. The maximum atomic E-state index is 13.6. The fourth-order valence-corrected chi connectivity index (χ4v) is 14.8. The van der Waals surface area contributed by atoms with Gasteiger partial charge in [0.1, 0.15) is 117 Å². The molecule has 0 fully saturated rings. The normalized spacial score (nSPS) is 11.8. The van der Waals surface area contributed by atoms with E-state index in [0.717, 1.165) is 50.1 Å². The van der Waals surface area contributed by atoms with Gasteiger partial charge < -0.3 is 72.8 Å². The van der Waals surface area contributed by atoms with E-state index < -0.39 is 89.4 Å². The molecule has 0 aliphatic rings. The molecule has 0 spiro atoms. The predicted octanol–water partition coefficient (Wildman–Crippen LogP) is 22.8. The first-order valence-electron chi connectivity index (χ1n) is 46.1. The molecule has 0 saturated heterocycles. The van der Waals surface area contributed by atoms with Crippen molar-refractivity contribution in [2.45, 2.75) is 176 Å². The van der Waals surface area contributed by atoms with Gasteiger partial charge in [-0.05, 0) is 159 Å². The second kappa shape index (κ2) is 49.4. The third-order valence-electron chi connectivity index (χ3n) is 21.4. The van der Waals surface area contributed by atoms with Crippen LogP contribution in [0.25, 0.3) is 32.7 Å². The van der Waals surface area contributed by atoms with Gasteiger partial charge in [0.05, 0.1) is 11.0 Å². The zero-order chi connectivity index (χ0) is 99.7. The topological polar surface area (TPSA) is 315 Å². The Labute approximate surface area is 818 Å². The minimum Gasteiger partial charge on any atom is -0.489 e. The Morgan fingerprint density at radius 2 is 0.539 bits per heavy atom. The number of carbonyl (C=O) groups is 9. The summed E-state index contributed by atoms with van der Waals surface area (Å²) in [4.78, 5) is 120. The summed E-state index contributed by atoms with van der Waals surface area (Å²) in [5, 5.41) is 9.97. The van der Waals surface area contributed by atoms with Crippen molar-refractivity contribution in [3.63, 3.8) is 0 Å². The molecule has 3 amide bonds. The number of nitrogens with one attached hydrogen (secondary N) is 3. The van der Waals surface area contributed by atoms with Crippen LogP contribution >= 0.6 is 0 Å². The molecule has 12 aromatic carbocycles. The Hall–Kier alpha value is -16.7. The number of aromatic nitrogens is 3. The van der Waals surface area contributed by atoms with Gasteiger partial charge in [-0.2, -0.15) is 0 Å². The van der Waals surface area contributed by atoms with E-state index >= 15 is 0 Å². The van der Waals surface area contributed by atoms with Gasteiger partial charge in [0, 0.05) is 60.1 Å². The van der Waals surface area contributed by atoms with Crippen molar-refractivity contribution < 1.29 is 100.0 Å². The lowest BCUT2D eigenvalue weighted by Crippen LogP contribution is -2.45. The molecule has 0 bridgehead atoms. The van der Waals surface area contributed by atoms with Gasteiger partial charge >= 0.3 is 54.5 Å². The molecule has 3 heterocycles. The molecule has 0 radical (unpaired) electrons. The summed E-state index contributed by atoms with van der Waals surface area (Å²) in [5.41, 5.74) is 8.78. The van der Waals surface area contributed by atoms with E-state index in [-0.39, 0.29) is 72.1 Å². The molecule has 3 aromatic heterocycles. The number of esters is 3. The van der Waals surface area contributed by atoms with Gasteiger partial charge in [-0.25, -0.2) is 47.7 Å². The summed E-state index contributed by atoms with van der Waals surface area (Å²) in [5.74, 6) is -0.440. The third kappa shape index (κ3) is 31.4. The van der Waals surface area contributed by atoms with Crippen LogP contribution in [0.5, 0.6) is 17.2 Å². The molecule has 0 saturated carbocycles. The minimum atomic E-state index is -1.14. The van der Waals surface area contributed by atoms with Crippen LogP contribution in [-0.4, -0.2) is 103 Å². The quantitative estimate of drug-likeness (QED) is 0.0254. The first-order valence-corrected chi connectivity index (χ1v) is 46.1. The lowest BCUT2D eigenvalue weighted by atomic mass is 10.0. The molecule has 141 heavy (non-hydrogen) atoms. The van der Waals surface area contributed by atoms with Gasteiger partial charge in [-0.3, -0.25) is 9.13 Å². The molecule has 0 unspecified atom stereocenters. The summed E-state index contributed by atoms with van der Waals surface area (Å²) in [6.45, 7) is 16.8. The fraction of sp³-hybridized carbons (Fsp3) is 0.237. The molecule has 15 aromatic rings. The second-order valence-electron chi connectivity index (χ2n) is 36.0. The zero-order valence-corrected chi connectivity index (χ0v) is 80.0. The number of hydrogen-bond acceptors (Lipinski definition) is 21. The summed E-state index contributed by atoms with van der Waals surface area (Å²) in [6, 6.07) is 97.8. The fourth-order valence-electron chi connectivity index (χ4n) is 14.8. The average molecular weight is 1900 g/mol. The molecular weight excluding hydrogens is 1790 g/mol. The monoisotopic (exact) mass is 1900 g/mol. The highest BCUT2D eigenvalue weighted by molar-refractivity contribution is 5.99. The number of nitrogens with zero attached hydrogens (tertiary/aromatic N) is 3. The van der Waals surface area contributed by atoms with E-state index in [0.29, 0.717) is 73.3 Å². The van der Waals surface area contributed by atoms with Crippen LogP contribution in [0.1, 0.15) is 129 Å². The maximum absolute atomic E-state index is 13.6. The highest BCUT2D eigenvalue weighted by Gasteiger charge is 2.34. The van der Waals surface area contributed by atoms with Crippen LogP contribution in [-0.2, 0) is 136 Å². The number of hydrogen-bond donors (Lipinski definition) is 3. The highest BCUT2D eigenvalue weighted by Crippen LogP contribution is 2.36. The highest BCUT2D eigenvalue weighted by atomic mass is 16.6. The Morgan fingerprint density at radius 1 is 0.262 bits per heavy atom. The van der Waals surface area contributed by atoms with E-state index in [1.807, 2.05) is 291 Å². The summed E-state index contributed by atoms with van der Waals surface area (Å²) in [7, 11) is 0. The number of rotatable bonds is 33. The van der Waals surface area contributed by atoms with Gasteiger partial charge in [-0.15, -0.1) is 0 Å². The van der Waals surface area contributed by atoms with Crippen molar-refractivity contribution in [3.05, 3.63) is 413 Å². The van der Waals surface area contributed by atoms with Gasteiger partial charge in [0.25, 0.3) is 0 Å². The smallest absolute Gasteiger partial charge is 0.418 e. The molecule has 0 aliphatic carbocycles. The number of ether oxygens (including phenoxy) is 12. The zero-order valence-electron chi connectivity index (χ0n) is 80.0. The van der Waals surface area contributed by atoms with Gasteiger partial charge in [0.15, 0.2) is 0 Å². The number of benzene rings is 12. The van der Waals surface area contributed by atoms with Crippen molar-refractivity contribution in [2.24, 2.45) is 0 Å². The molecule has 27 nitrogen and oxygen atoms in total. The molecular formula is C114H114N6O21. The Kier molecular flexibility index (Phi) is 35.6. The molecule has 3 atom stereocenters. The van der Waals surface area contributed by atoms with Crippen LogP contribution in [0.2, 0.25) is 0 Å². The summed E-state index contributed by atoms with van der Waals surface area (Å²) < 4.78 is 73.0. The number of fused-ring (bicyclic) bond motifs is 3. The summed E-state index contributed by atoms with van der Waals surface area (Å²) >= 11 is 0. The van der Waals surface area contributed by atoms with Crippen molar-refractivity contribution in [1.82, 2.24) is 29.7 Å². The van der Waals surface area contributed by atoms with E-state index in [1.165, 1.54) is 13.7 Å². The van der Waals surface area contributed by atoms with Crippen molar-refractivity contribution in [2.75, 3.05) is 0 Å². The van der Waals surface area contributed by atoms with Crippen LogP contribution < -0.4 is 30.2 Å². The van der Waals surface area contributed by atoms with Crippen molar-refractivity contribution in [1.29, 1.82) is 0 Å². The lowest BCUT2D eigenvalue weighted by Gasteiger charge is -2.23. The number of alkyl carbamates (subject to hydrolysis) is 3.